The molecule has 0 N–H and O–H groups in total. The van der Waals surface area contributed by atoms with Crippen LogP contribution in [0, 0.1) is 5.92 Å². The Hall–Kier alpha value is -0.760. The number of aromatic nitrogens is 1. The molecule has 0 unspecified atom stereocenters. The third-order valence-electron chi connectivity index (χ3n) is 4.51. The first-order valence-corrected chi connectivity index (χ1v) is 7.69. The second-order valence-corrected chi connectivity index (χ2v) is 5.85. The van der Waals surface area contributed by atoms with Crippen molar-refractivity contribution in [2.45, 2.75) is 50.4 Å². The molecule has 1 aliphatic carbocycles. The number of hydrogen-bond acceptors (Lipinski definition) is 2. The molecule has 1 aromatic rings. The molecule has 2 aliphatic rings. The zero-order chi connectivity index (χ0) is 12.4. The highest BCUT2D eigenvalue weighted by molar-refractivity contribution is 6.16. The van der Waals surface area contributed by atoms with Gasteiger partial charge in [-0.05, 0) is 43.7 Å². The number of hydrogen-bond donors (Lipinski definition) is 0. The van der Waals surface area contributed by atoms with E-state index in [4.69, 9.17) is 11.6 Å². The molecule has 1 saturated heterocycles. The average molecular weight is 265 g/mol. The van der Waals surface area contributed by atoms with Crippen molar-refractivity contribution in [2.24, 2.45) is 5.92 Å². The summed E-state index contributed by atoms with van der Waals surface area (Å²) in [5, 5.41) is 0. The summed E-state index contributed by atoms with van der Waals surface area (Å²) in [5.41, 5.74) is 2.32. The van der Waals surface area contributed by atoms with Crippen LogP contribution in [-0.2, 0) is 5.88 Å². The molecule has 0 bridgehead atoms. The Bertz CT molecular complexity index is 405. The zero-order valence-electron chi connectivity index (χ0n) is 10.8. The molecule has 0 radical (unpaired) electrons. The number of halogens is 1. The Balaban J connectivity index is 1.84. The van der Waals surface area contributed by atoms with Gasteiger partial charge >= 0.3 is 0 Å². The maximum atomic E-state index is 5.89. The molecule has 2 heterocycles. The molecule has 0 spiro atoms. The first-order chi connectivity index (χ1) is 8.88. The van der Waals surface area contributed by atoms with Crippen molar-refractivity contribution in [2.75, 3.05) is 11.4 Å². The van der Waals surface area contributed by atoms with E-state index in [2.05, 4.69) is 22.0 Å². The molecule has 1 aliphatic heterocycles. The smallest absolute Gasteiger partial charge is 0.0648 e. The van der Waals surface area contributed by atoms with Crippen molar-refractivity contribution in [1.29, 1.82) is 0 Å². The second kappa shape index (κ2) is 5.48. The third kappa shape index (κ3) is 2.35. The molecule has 2 atom stereocenters. The van der Waals surface area contributed by atoms with E-state index >= 15 is 0 Å². The lowest BCUT2D eigenvalue weighted by Crippen LogP contribution is -2.46. The van der Waals surface area contributed by atoms with E-state index in [0.717, 1.165) is 17.7 Å². The molecule has 0 aromatic carbocycles. The van der Waals surface area contributed by atoms with Crippen LogP contribution in [0.5, 0.6) is 0 Å². The van der Waals surface area contributed by atoms with Gasteiger partial charge in [0, 0.05) is 24.5 Å². The van der Waals surface area contributed by atoms with Gasteiger partial charge in [-0.3, -0.25) is 4.98 Å². The van der Waals surface area contributed by atoms with Crippen LogP contribution >= 0.6 is 11.6 Å². The van der Waals surface area contributed by atoms with Crippen LogP contribution in [-0.4, -0.2) is 17.6 Å². The summed E-state index contributed by atoms with van der Waals surface area (Å²) < 4.78 is 0. The Kier molecular flexibility index (Phi) is 3.74. The molecule has 18 heavy (non-hydrogen) atoms. The molecule has 2 nitrogen and oxygen atoms in total. The summed E-state index contributed by atoms with van der Waals surface area (Å²) in [7, 11) is 0. The Labute approximate surface area is 114 Å². The Morgan fingerprint density at radius 2 is 2.06 bits per heavy atom. The highest BCUT2D eigenvalue weighted by Crippen LogP contribution is 2.37. The number of anilines is 1. The van der Waals surface area contributed by atoms with Crippen molar-refractivity contribution in [1.82, 2.24) is 4.98 Å². The van der Waals surface area contributed by atoms with Crippen LogP contribution in [0.4, 0.5) is 5.69 Å². The van der Waals surface area contributed by atoms with Gasteiger partial charge in [0.05, 0.1) is 11.6 Å². The van der Waals surface area contributed by atoms with E-state index < -0.39 is 0 Å². The summed E-state index contributed by atoms with van der Waals surface area (Å²) in [6, 6.07) is 5.08. The predicted molar refractivity (Wildman–Crippen MR) is 76.1 cm³/mol. The zero-order valence-corrected chi connectivity index (χ0v) is 11.6. The van der Waals surface area contributed by atoms with Crippen LogP contribution in [0.3, 0.4) is 0 Å². The minimum Gasteiger partial charge on any atom is -0.368 e. The van der Waals surface area contributed by atoms with Crippen molar-refractivity contribution in [3.05, 3.63) is 24.0 Å². The largest absolute Gasteiger partial charge is 0.368 e. The minimum absolute atomic E-state index is 0.510. The molecule has 0 amide bonds. The van der Waals surface area contributed by atoms with Gasteiger partial charge in [-0.1, -0.05) is 12.8 Å². The van der Waals surface area contributed by atoms with E-state index in [0.29, 0.717) is 5.88 Å². The number of fused-ring (bicyclic) bond motifs is 1. The molecule has 98 valence electrons. The summed E-state index contributed by atoms with van der Waals surface area (Å²) >= 11 is 5.89. The highest BCUT2D eigenvalue weighted by Gasteiger charge is 2.33. The SMILES string of the molecule is ClCc1cc(N2CCC[C@H]3CCCC[C@H]32)ccn1. The topological polar surface area (TPSA) is 16.1 Å². The van der Waals surface area contributed by atoms with Gasteiger partial charge < -0.3 is 4.90 Å². The van der Waals surface area contributed by atoms with Crippen molar-refractivity contribution in [3.8, 4) is 0 Å². The van der Waals surface area contributed by atoms with Gasteiger partial charge in [0.25, 0.3) is 0 Å². The molecule has 3 heteroatoms. The highest BCUT2D eigenvalue weighted by atomic mass is 35.5. The average Bonchev–Trinajstić information content (AvgIpc) is 2.47. The number of nitrogens with zero attached hydrogens (tertiary/aromatic N) is 2. The van der Waals surface area contributed by atoms with Crippen LogP contribution in [0.1, 0.15) is 44.2 Å². The monoisotopic (exact) mass is 264 g/mol. The van der Waals surface area contributed by atoms with E-state index in [1.165, 1.54) is 50.8 Å². The van der Waals surface area contributed by atoms with Crippen molar-refractivity contribution in [3.63, 3.8) is 0 Å². The van der Waals surface area contributed by atoms with Gasteiger partial charge in [0.1, 0.15) is 0 Å². The molecule has 1 aromatic heterocycles. The molecular formula is C15H21ClN2. The fourth-order valence-corrected chi connectivity index (χ4v) is 3.81. The number of alkyl halides is 1. The number of rotatable bonds is 2. The summed E-state index contributed by atoms with van der Waals surface area (Å²) in [6.07, 6.45) is 10.3. The van der Waals surface area contributed by atoms with Gasteiger partial charge in [-0.15, -0.1) is 11.6 Å². The third-order valence-corrected chi connectivity index (χ3v) is 4.79. The van der Waals surface area contributed by atoms with E-state index in [1.807, 2.05) is 6.20 Å². The Morgan fingerprint density at radius 1 is 1.22 bits per heavy atom. The van der Waals surface area contributed by atoms with Gasteiger partial charge in [-0.25, -0.2) is 0 Å². The van der Waals surface area contributed by atoms with Gasteiger partial charge in [0.15, 0.2) is 0 Å². The van der Waals surface area contributed by atoms with Crippen molar-refractivity contribution < 1.29 is 0 Å². The fourth-order valence-electron chi connectivity index (χ4n) is 3.66. The first kappa shape index (κ1) is 12.3. The summed E-state index contributed by atoms with van der Waals surface area (Å²) in [6.45, 7) is 1.20. The van der Waals surface area contributed by atoms with Gasteiger partial charge in [-0.2, -0.15) is 0 Å². The van der Waals surface area contributed by atoms with Crippen molar-refractivity contribution >= 4 is 17.3 Å². The predicted octanol–water partition coefficient (Wildman–Crippen LogP) is 3.98. The standard InChI is InChI=1S/C15H21ClN2/c16-11-13-10-14(7-8-17-13)18-9-3-5-12-4-1-2-6-15(12)18/h7-8,10,12,15H,1-6,9,11H2/t12-,15-/m1/s1. The van der Waals surface area contributed by atoms with E-state index in [1.54, 1.807) is 0 Å². The normalized spacial score (nSPS) is 27.9. The van der Waals surface area contributed by atoms with Gasteiger partial charge in [0.2, 0.25) is 0 Å². The molecule has 1 saturated carbocycles. The first-order valence-electron chi connectivity index (χ1n) is 7.16. The lowest BCUT2D eigenvalue weighted by atomic mass is 9.78. The van der Waals surface area contributed by atoms with Crippen LogP contribution < -0.4 is 4.90 Å². The van der Waals surface area contributed by atoms with Crippen LogP contribution in [0.15, 0.2) is 18.3 Å². The number of pyridine rings is 1. The molecular weight excluding hydrogens is 244 g/mol. The number of piperidine rings is 1. The quantitative estimate of drug-likeness (QED) is 0.751. The molecule has 3 rings (SSSR count). The summed E-state index contributed by atoms with van der Waals surface area (Å²) in [4.78, 5) is 6.91. The lowest BCUT2D eigenvalue weighted by molar-refractivity contribution is 0.244. The minimum atomic E-state index is 0.510. The van der Waals surface area contributed by atoms with E-state index in [9.17, 15) is 0 Å². The lowest BCUT2D eigenvalue weighted by Gasteiger charge is -2.45. The maximum absolute atomic E-state index is 5.89. The van der Waals surface area contributed by atoms with E-state index in [-0.39, 0.29) is 0 Å². The summed E-state index contributed by atoms with van der Waals surface area (Å²) in [5.74, 6) is 1.43. The van der Waals surface area contributed by atoms with Crippen LogP contribution in [0.25, 0.3) is 0 Å². The Morgan fingerprint density at radius 3 is 2.94 bits per heavy atom. The second-order valence-electron chi connectivity index (χ2n) is 5.59. The molecule has 2 fully saturated rings. The maximum Gasteiger partial charge on any atom is 0.0648 e. The fraction of sp³-hybridized carbons (Fsp3) is 0.667. The van der Waals surface area contributed by atoms with Crippen LogP contribution in [0.2, 0.25) is 0 Å².